The molecule has 1 amide bonds. The standard InChI is InChI=1S/C25H32N2O5/c1-29-13-3-12-27-22-14-18(4-9-23(22)32-17-25(27)28)16-31-24-15-26-11-10-21(24)19-5-7-20(30-2)8-6-19/h4-9,14,21,24,26H,3,10-13,15-17H2,1-2H3/t21-,24+/m1/s1. The highest BCUT2D eigenvalue weighted by Crippen LogP contribution is 2.34. The summed E-state index contributed by atoms with van der Waals surface area (Å²) in [6.45, 7) is 3.57. The van der Waals surface area contributed by atoms with E-state index in [2.05, 4.69) is 17.4 Å². The molecule has 2 aliphatic rings. The van der Waals surface area contributed by atoms with Crippen LogP contribution in [0.2, 0.25) is 0 Å². The zero-order valence-corrected chi connectivity index (χ0v) is 18.8. The molecule has 0 aliphatic carbocycles. The van der Waals surface area contributed by atoms with Crippen molar-refractivity contribution in [3.05, 3.63) is 53.6 Å². The number of rotatable bonds is 9. The van der Waals surface area contributed by atoms with Crippen LogP contribution in [0, 0.1) is 0 Å². The average Bonchev–Trinajstić information content (AvgIpc) is 2.84. The first-order valence-electron chi connectivity index (χ1n) is 11.2. The largest absolute Gasteiger partial charge is 0.497 e. The highest BCUT2D eigenvalue weighted by molar-refractivity contribution is 5.97. The molecule has 2 aromatic rings. The minimum Gasteiger partial charge on any atom is -0.497 e. The number of nitrogens with zero attached hydrogens (tertiary/aromatic N) is 1. The summed E-state index contributed by atoms with van der Waals surface area (Å²) in [6, 6.07) is 14.2. The Morgan fingerprint density at radius 3 is 2.78 bits per heavy atom. The van der Waals surface area contributed by atoms with E-state index in [1.54, 1.807) is 19.1 Å². The fourth-order valence-electron chi connectivity index (χ4n) is 4.39. The maximum Gasteiger partial charge on any atom is 0.265 e. The summed E-state index contributed by atoms with van der Waals surface area (Å²) in [5.74, 6) is 1.90. The van der Waals surface area contributed by atoms with Gasteiger partial charge in [-0.3, -0.25) is 4.79 Å². The summed E-state index contributed by atoms with van der Waals surface area (Å²) in [4.78, 5) is 14.2. The van der Waals surface area contributed by atoms with Crippen LogP contribution < -0.4 is 19.7 Å². The van der Waals surface area contributed by atoms with Gasteiger partial charge >= 0.3 is 0 Å². The van der Waals surface area contributed by atoms with E-state index in [1.165, 1.54) is 5.56 Å². The van der Waals surface area contributed by atoms with Crippen molar-refractivity contribution in [3.8, 4) is 11.5 Å². The number of carbonyl (C=O) groups excluding carboxylic acids is 1. The van der Waals surface area contributed by atoms with Crippen LogP contribution in [-0.4, -0.2) is 59.1 Å². The normalized spacial score (nSPS) is 20.6. The number of piperidine rings is 1. The topological polar surface area (TPSA) is 69.3 Å². The van der Waals surface area contributed by atoms with Gasteiger partial charge in [0.2, 0.25) is 0 Å². The molecule has 2 atom stereocenters. The number of methoxy groups -OCH3 is 2. The Morgan fingerprint density at radius 2 is 2.00 bits per heavy atom. The van der Waals surface area contributed by atoms with Crippen LogP contribution >= 0.6 is 0 Å². The molecule has 0 bridgehead atoms. The van der Waals surface area contributed by atoms with E-state index in [4.69, 9.17) is 18.9 Å². The van der Waals surface area contributed by atoms with Gasteiger partial charge in [0.1, 0.15) is 11.5 Å². The molecule has 7 heteroatoms. The second-order valence-electron chi connectivity index (χ2n) is 8.20. The van der Waals surface area contributed by atoms with Crippen molar-refractivity contribution < 1.29 is 23.7 Å². The molecule has 1 fully saturated rings. The lowest BCUT2D eigenvalue weighted by atomic mass is 9.87. The Bertz CT molecular complexity index is 902. The molecule has 2 heterocycles. The minimum atomic E-state index is -0.0253. The highest BCUT2D eigenvalue weighted by Gasteiger charge is 2.28. The van der Waals surface area contributed by atoms with E-state index in [1.807, 2.05) is 30.3 Å². The lowest BCUT2D eigenvalue weighted by Gasteiger charge is -2.33. The summed E-state index contributed by atoms with van der Waals surface area (Å²) in [5, 5.41) is 3.45. The first kappa shape index (κ1) is 22.6. The Labute approximate surface area is 189 Å². The van der Waals surface area contributed by atoms with Gasteiger partial charge in [0, 0.05) is 32.7 Å². The quantitative estimate of drug-likeness (QED) is 0.605. The maximum atomic E-state index is 12.4. The van der Waals surface area contributed by atoms with Gasteiger partial charge in [-0.15, -0.1) is 0 Å². The Hall–Kier alpha value is -2.61. The van der Waals surface area contributed by atoms with Crippen molar-refractivity contribution in [1.82, 2.24) is 5.32 Å². The molecule has 0 saturated carbocycles. The predicted octanol–water partition coefficient (Wildman–Crippen LogP) is 3.12. The van der Waals surface area contributed by atoms with E-state index in [0.29, 0.717) is 25.7 Å². The predicted molar refractivity (Wildman–Crippen MR) is 123 cm³/mol. The van der Waals surface area contributed by atoms with E-state index in [0.717, 1.165) is 48.7 Å². The average molecular weight is 441 g/mol. The first-order valence-corrected chi connectivity index (χ1v) is 11.2. The lowest BCUT2D eigenvalue weighted by molar-refractivity contribution is -0.121. The number of anilines is 1. The summed E-state index contributed by atoms with van der Waals surface area (Å²) in [5.41, 5.74) is 3.11. The van der Waals surface area contributed by atoms with Gasteiger partial charge in [0.15, 0.2) is 6.61 Å². The van der Waals surface area contributed by atoms with Gasteiger partial charge in [-0.25, -0.2) is 0 Å². The van der Waals surface area contributed by atoms with Gasteiger partial charge in [-0.1, -0.05) is 18.2 Å². The molecular formula is C25H32N2O5. The molecule has 0 unspecified atom stereocenters. The lowest BCUT2D eigenvalue weighted by Crippen LogP contribution is -2.41. The fraction of sp³-hybridized carbons (Fsp3) is 0.480. The molecule has 0 spiro atoms. The molecule has 1 saturated heterocycles. The number of fused-ring (bicyclic) bond motifs is 1. The number of carbonyl (C=O) groups is 1. The van der Waals surface area contributed by atoms with Crippen molar-refractivity contribution in [2.24, 2.45) is 0 Å². The smallest absolute Gasteiger partial charge is 0.265 e. The van der Waals surface area contributed by atoms with Gasteiger partial charge < -0.3 is 29.2 Å². The van der Waals surface area contributed by atoms with Crippen molar-refractivity contribution in [3.63, 3.8) is 0 Å². The van der Waals surface area contributed by atoms with Crippen LogP contribution in [0.1, 0.15) is 29.9 Å². The minimum absolute atomic E-state index is 0.0253. The summed E-state index contributed by atoms with van der Waals surface area (Å²) >= 11 is 0. The van der Waals surface area contributed by atoms with E-state index in [-0.39, 0.29) is 18.6 Å². The molecule has 1 N–H and O–H groups in total. The zero-order chi connectivity index (χ0) is 22.3. The van der Waals surface area contributed by atoms with Gasteiger partial charge in [0.25, 0.3) is 5.91 Å². The number of ether oxygens (including phenoxy) is 4. The van der Waals surface area contributed by atoms with E-state index >= 15 is 0 Å². The van der Waals surface area contributed by atoms with Gasteiger partial charge in [-0.2, -0.15) is 0 Å². The van der Waals surface area contributed by atoms with Crippen molar-refractivity contribution in [2.75, 3.05) is 52.0 Å². The van der Waals surface area contributed by atoms with Crippen LogP contribution in [0.15, 0.2) is 42.5 Å². The number of hydrogen-bond acceptors (Lipinski definition) is 6. The highest BCUT2D eigenvalue weighted by atomic mass is 16.5. The Morgan fingerprint density at radius 1 is 1.16 bits per heavy atom. The van der Waals surface area contributed by atoms with E-state index in [9.17, 15) is 4.79 Å². The molecule has 2 aliphatic heterocycles. The summed E-state index contributed by atoms with van der Waals surface area (Å²) < 4.78 is 22.5. The number of nitrogens with one attached hydrogen (secondary N) is 1. The molecular weight excluding hydrogens is 408 g/mol. The van der Waals surface area contributed by atoms with Gasteiger partial charge in [-0.05, 0) is 54.8 Å². The molecule has 0 aromatic heterocycles. The third-order valence-electron chi connectivity index (χ3n) is 6.13. The molecule has 4 rings (SSSR count). The summed E-state index contributed by atoms with van der Waals surface area (Å²) in [6.07, 6.45) is 1.88. The number of hydrogen-bond donors (Lipinski definition) is 1. The maximum absolute atomic E-state index is 12.4. The number of amides is 1. The van der Waals surface area contributed by atoms with Crippen LogP contribution in [0.25, 0.3) is 0 Å². The molecule has 0 radical (unpaired) electrons. The summed E-state index contributed by atoms with van der Waals surface area (Å²) in [7, 11) is 3.35. The molecule has 7 nitrogen and oxygen atoms in total. The second kappa shape index (κ2) is 10.8. The third kappa shape index (κ3) is 5.23. The van der Waals surface area contributed by atoms with Crippen molar-refractivity contribution in [2.45, 2.75) is 31.5 Å². The number of benzene rings is 2. The van der Waals surface area contributed by atoms with Crippen molar-refractivity contribution >= 4 is 11.6 Å². The Kier molecular flexibility index (Phi) is 7.63. The van der Waals surface area contributed by atoms with Crippen molar-refractivity contribution in [1.29, 1.82) is 0 Å². The van der Waals surface area contributed by atoms with Crippen LogP contribution in [-0.2, 0) is 20.9 Å². The van der Waals surface area contributed by atoms with Crippen LogP contribution in [0.4, 0.5) is 5.69 Å². The fourth-order valence-corrected chi connectivity index (χ4v) is 4.39. The molecule has 2 aromatic carbocycles. The monoisotopic (exact) mass is 440 g/mol. The first-order chi connectivity index (χ1) is 15.7. The second-order valence-corrected chi connectivity index (χ2v) is 8.20. The molecule has 172 valence electrons. The third-order valence-corrected chi connectivity index (χ3v) is 6.13. The van der Waals surface area contributed by atoms with Gasteiger partial charge in [0.05, 0.1) is 25.5 Å². The molecule has 32 heavy (non-hydrogen) atoms. The SMILES string of the molecule is COCCCN1C(=O)COc2ccc(CO[C@H]3CNCC[C@@H]3c3ccc(OC)cc3)cc21. The van der Waals surface area contributed by atoms with Crippen LogP contribution in [0.3, 0.4) is 0 Å². The Balaban J connectivity index is 1.45. The van der Waals surface area contributed by atoms with E-state index < -0.39 is 0 Å². The zero-order valence-electron chi connectivity index (χ0n) is 18.8. The van der Waals surface area contributed by atoms with Crippen LogP contribution in [0.5, 0.6) is 11.5 Å².